The van der Waals surface area contributed by atoms with Crippen molar-refractivity contribution in [2.24, 2.45) is 11.8 Å². The molecule has 3 heterocycles. The summed E-state index contributed by atoms with van der Waals surface area (Å²) < 4.78 is 20.2. The molecule has 220 valence electrons. The SMILES string of the molecule is COc1cccc(C2C(C(=O)c3ccc(Cl)s3)C(c3ccc(F)cc3)N(C(=O)C3CCC3)C2C(=O)N2CCNCC2)c1. The molecule has 2 aromatic carbocycles. The van der Waals surface area contributed by atoms with Crippen molar-refractivity contribution in [2.75, 3.05) is 33.3 Å². The molecule has 1 aromatic heterocycles. The molecule has 0 radical (unpaired) electrons. The van der Waals surface area contributed by atoms with Gasteiger partial charge in [-0.15, -0.1) is 11.3 Å². The van der Waals surface area contributed by atoms with Crippen LogP contribution in [-0.2, 0) is 9.59 Å². The van der Waals surface area contributed by atoms with Crippen molar-refractivity contribution in [3.8, 4) is 5.75 Å². The zero-order valence-electron chi connectivity index (χ0n) is 23.3. The minimum absolute atomic E-state index is 0.128. The molecule has 1 aliphatic carbocycles. The number of halogens is 2. The summed E-state index contributed by atoms with van der Waals surface area (Å²) >= 11 is 7.46. The van der Waals surface area contributed by atoms with Gasteiger partial charge in [-0.05, 0) is 60.4 Å². The number of rotatable bonds is 7. The van der Waals surface area contributed by atoms with Crippen LogP contribution in [0, 0.1) is 17.7 Å². The Morgan fingerprint density at radius 3 is 2.33 bits per heavy atom. The number of nitrogens with zero attached hydrogens (tertiary/aromatic N) is 2. The summed E-state index contributed by atoms with van der Waals surface area (Å²) in [6.07, 6.45) is 2.42. The zero-order valence-corrected chi connectivity index (χ0v) is 24.9. The Balaban J connectivity index is 1.58. The predicted molar refractivity (Wildman–Crippen MR) is 159 cm³/mol. The summed E-state index contributed by atoms with van der Waals surface area (Å²) in [6.45, 7) is 2.31. The molecule has 2 aliphatic heterocycles. The molecular weight excluding hydrogens is 577 g/mol. The van der Waals surface area contributed by atoms with Crippen molar-refractivity contribution < 1.29 is 23.5 Å². The van der Waals surface area contributed by atoms with Gasteiger partial charge in [0.2, 0.25) is 11.8 Å². The van der Waals surface area contributed by atoms with Gasteiger partial charge in [0.15, 0.2) is 5.78 Å². The van der Waals surface area contributed by atoms with Gasteiger partial charge in [-0.1, -0.05) is 42.3 Å². The lowest BCUT2D eigenvalue weighted by atomic mass is 9.77. The normalized spacial score (nSPS) is 24.4. The molecule has 4 unspecified atom stereocenters. The van der Waals surface area contributed by atoms with Crippen molar-refractivity contribution in [1.29, 1.82) is 0 Å². The second-order valence-electron chi connectivity index (χ2n) is 11.2. The highest BCUT2D eigenvalue weighted by molar-refractivity contribution is 7.18. The molecule has 10 heteroatoms. The van der Waals surface area contributed by atoms with E-state index in [1.807, 2.05) is 24.3 Å². The number of carbonyl (C=O) groups excluding carboxylic acids is 3. The maximum absolute atomic E-state index is 14.6. The van der Waals surface area contributed by atoms with Crippen molar-refractivity contribution in [2.45, 2.75) is 37.3 Å². The van der Waals surface area contributed by atoms with Crippen LogP contribution >= 0.6 is 22.9 Å². The van der Waals surface area contributed by atoms with Crippen molar-refractivity contribution in [3.63, 3.8) is 0 Å². The van der Waals surface area contributed by atoms with Gasteiger partial charge < -0.3 is 19.9 Å². The van der Waals surface area contributed by atoms with E-state index in [9.17, 15) is 18.8 Å². The maximum atomic E-state index is 14.6. The van der Waals surface area contributed by atoms with Crippen molar-refractivity contribution >= 4 is 40.5 Å². The molecule has 0 spiro atoms. The Kier molecular flexibility index (Phi) is 8.34. The lowest BCUT2D eigenvalue weighted by Crippen LogP contribution is -2.56. The average Bonchev–Trinajstić information content (AvgIpc) is 3.58. The van der Waals surface area contributed by atoms with Crippen LogP contribution in [0.4, 0.5) is 4.39 Å². The Morgan fingerprint density at radius 2 is 1.71 bits per heavy atom. The van der Waals surface area contributed by atoms with E-state index < -0.39 is 29.7 Å². The Hall–Kier alpha value is -3.27. The first kappa shape index (κ1) is 28.8. The molecule has 6 rings (SSSR count). The van der Waals surface area contributed by atoms with Crippen LogP contribution in [0.2, 0.25) is 4.34 Å². The van der Waals surface area contributed by atoms with E-state index in [2.05, 4.69) is 5.32 Å². The Morgan fingerprint density at radius 1 is 0.976 bits per heavy atom. The Labute approximate surface area is 253 Å². The smallest absolute Gasteiger partial charge is 0.246 e. The highest BCUT2D eigenvalue weighted by Gasteiger charge is 2.59. The first-order chi connectivity index (χ1) is 20.4. The number of methoxy groups -OCH3 is 1. The second-order valence-corrected chi connectivity index (χ2v) is 12.9. The first-order valence-electron chi connectivity index (χ1n) is 14.4. The number of hydrogen-bond donors (Lipinski definition) is 1. The molecule has 3 aliphatic rings. The fourth-order valence-corrected chi connectivity index (χ4v) is 7.61. The number of ketones is 1. The van der Waals surface area contributed by atoms with Gasteiger partial charge in [0.25, 0.3) is 0 Å². The molecule has 0 bridgehead atoms. The molecule has 3 fully saturated rings. The maximum Gasteiger partial charge on any atom is 0.246 e. The molecule has 2 amide bonds. The van der Waals surface area contributed by atoms with Crippen LogP contribution in [0.5, 0.6) is 5.75 Å². The van der Waals surface area contributed by atoms with E-state index in [0.717, 1.165) is 24.8 Å². The van der Waals surface area contributed by atoms with E-state index in [1.54, 1.807) is 41.2 Å². The highest BCUT2D eigenvalue weighted by Crippen LogP contribution is 2.53. The average molecular weight is 610 g/mol. The number of likely N-dealkylation sites (tertiary alicyclic amines) is 1. The predicted octanol–water partition coefficient (Wildman–Crippen LogP) is 5.32. The largest absolute Gasteiger partial charge is 0.497 e. The Bertz CT molecular complexity index is 1470. The van der Waals surface area contributed by atoms with E-state index in [-0.39, 0.29) is 23.5 Å². The number of benzene rings is 2. The van der Waals surface area contributed by atoms with Crippen molar-refractivity contribution in [3.05, 3.63) is 86.8 Å². The van der Waals surface area contributed by atoms with Gasteiger partial charge in [-0.25, -0.2) is 4.39 Å². The second kappa shape index (κ2) is 12.1. The first-order valence-corrected chi connectivity index (χ1v) is 15.6. The minimum Gasteiger partial charge on any atom is -0.497 e. The zero-order chi connectivity index (χ0) is 29.4. The topological polar surface area (TPSA) is 79.0 Å². The van der Waals surface area contributed by atoms with Crippen LogP contribution < -0.4 is 10.1 Å². The van der Waals surface area contributed by atoms with Crippen LogP contribution in [0.3, 0.4) is 0 Å². The number of amides is 2. The molecule has 2 saturated heterocycles. The molecule has 1 saturated carbocycles. The van der Waals surface area contributed by atoms with E-state index in [1.165, 1.54) is 23.5 Å². The fourth-order valence-electron chi connectivity index (χ4n) is 6.58. The molecule has 3 aromatic rings. The van der Waals surface area contributed by atoms with Gasteiger partial charge in [0.05, 0.1) is 28.3 Å². The highest BCUT2D eigenvalue weighted by atomic mass is 35.5. The number of ether oxygens (including phenoxy) is 1. The number of nitrogens with one attached hydrogen (secondary N) is 1. The number of hydrogen-bond acceptors (Lipinski definition) is 6. The van der Waals surface area contributed by atoms with Gasteiger partial charge in [-0.3, -0.25) is 14.4 Å². The lowest BCUT2D eigenvalue weighted by Gasteiger charge is -2.39. The van der Waals surface area contributed by atoms with Gasteiger partial charge >= 0.3 is 0 Å². The quantitative estimate of drug-likeness (QED) is 0.367. The fraction of sp³-hybridized carbons (Fsp3) is 0.406. The summed E-state index contributed by atoms with van der Waals surface area (Å²) in [4.78, 5) is 47.5. The van der Waals surface area contributed by atoms with Crippen LogP contribution in [0.1, 0.15) is 52.0 Å². The monoisotopic (exact) mass is 609 g/mol. The summed E-state index contributed by atoms with van der Waals surface area (Å²) in [7, 11) is 1.57. The molecule has 4 atom stereocenters. The van der Waals surface area contributed by atoms with Gasteiger partial charge in [0, 0.05) is 38.0 Å². The molecule has 7 nitrogen and oxygen atoms in total. The summed E-state index contributed by atoms with van der Waals surface area (Å²) in [5.41, 5.74) is 1.36. The third-order valence-corrected chi connectivity index (χ3v) is 10.1. The van der Waals surface area contributed by atoms with Crippen LogP contribution in [-0.4, -0.2) is 66.7 Å². The number of piperazine rings is 1. The van der Waals surface area contributed by atoms with Gasteiger partial charge in [0.1, 0.15) is 17.6 Å². The lowest BCUT2D eigenvalue weighted by molar-refractivity contribution is -0.150. The number of Topliss-reactive ketones (excluding diaryl/α,β-unsaturated/α-hetero) is 1. The van der Waals surface area contributed by atoms with Crippen LogP contribution in [0.25, 0.3) is 0 Å². The molecule has 1 N–H and O–H groups in total. The van der Waals surface area contributed by atoms with Gasteiger partial charge in [-0.2, -0.15) is 0 Å². The van der Waals surface area contributed by atoms with E-state index >= 15 is 0 Å². The molecular formula is C32H33ClFN3O4S. The van der Waals surface area contributed by atoms with Crippen molar-refractivity contribution in [1.82, 2.24) is 15.1 Å². The summed E-state index contributed by atoms with van der Waals surface area (Å²) in [5, 5.41) is 3.29. The summed E-state index contributed by atoms with van der Waals surface area (Å²) in [5.74, 6) is -2.04. The minimum atomic E-state index is -0.928. The number of thiophene rings is 1. The number of carbonyl (C=O) groups is 3. The third kappa shape index (κ3) is 5.34. The van der Waals surface area contributed by atoms with Crippen LogP contribution in [0.15, 0.2) is 60.7 Å². The van der Waals surface area contributed by atoms with E-state index in [0.29, 0.717) is 46.7 Å². The van der Waals surface area contributed by atoms with E-state index in [4.69, 9.17) is 16.3 Å². The third-order valence-electron chi connectivity index (χ3n) is 8.87. The summed E-state index contributed by atoms with van der Waals surface area (Å²) in [6, 6.07) is 15.0. The molecule has 42 heavy (non-hydrogen) atoms. The standard InChI is InChI=1S/C32H33ClFN3O4S/c1-41-23-7-3-6-21(18-23)26-27(30(38)24-12-13-25(33)42-24)28(19-8-10-22(34)11-9-19)37(31(39)20-4-2-5-20)29(26)32(40)36-16-14-35-15-17-36/h3,6-13,18,20,26-29,35H,2,4-5,14-17H2,1H3.